The molecule has 0 radical (unpaired) electrons. The van der Waals surface area contributed by atoms with Crippen molar-refractivity contribution in [3.05, 3.63) is 30.0 Å². The van der Waals surface area contributed by atoms with Gasteiger partial charge in [0.15, 0.2) is 11.3 Å². The van der Waals surface area contributed by atoms with Gasteiger partial charge < -0.3 is 19.2 Å². The van der Waals surface area contributed by atoms with Crippen LogP contribution in [0, 0.1) is 0 Å². The van der Waals surface area contributed by atoms with E-state index in [1.807, 2.05) is 18.2 Å². The molecular formula is C15H21NO3. The molecule has 4 nitrogen and oxygen atoms in total. The lowest BCUT2D eigenvalue weighted by molar-refractivity contribution is 0.166. The maximum Gasteiger partial charge on any atom is 0.176 e. The largest absolute Gasteiger partial charge is 0.493 e. The molecule has 2 aromatic rings. The van der Waals surface area contributed by atoms with Crippen molar-refractivity contribution in [2.75, 3.05) is 20.8 Å². The topological polar surface area (TPSA) is 43.6 Å². The molecule has 0 bridgehead atoms. The third kappa shape index (κ3) is 3.08. The van der Waals surface area contributed by atoms with E-state index >= 15 is 0 Å². The molecule has 1 heterocycles. The highest BCUT2D eigenvalue weighted by molar-refractivity contribution is 5.83. The quantitative estimate of drug-likeness (QED) is 0.869. The number of furan rings is 1. The molecule has 1 aromatic carbocycles. The Morgan fingerprint density at radius 1 is 1.26 bits per heavy atom. The Balaban J connectivity index is 2.21. The highest BCUT2D eigenvalue weighted by Crippen LogP contribution is 2.30. The third-order valence-electron chi connectivity index (χ3n) is 3.12. The second-order valence-corrected chi connectivity index (χ2v) is 4.77. The van der Waals surface area contributed by atoms with E-state index in [-0.39, 0.29) is 12.1 Å². The molecule has 0 aliphatic carbocycles. The number of fused-ring (bicyclic) bond motifs is 1. The Morgan fingerprint density at radius 3 is 2.74 bits per heavy atom. The fraction of sp³-hybridized carbons (Fsp3) is 0.467. The van der Waals surface area contributed by atoms with Gasteiger partial charge in [0.05, 0.1) is 19.8 Å². The summed E-state index contributed by atoms with van der Waals surface area (Å²) in [5.41, 5.74) is 0.799. The van der Waals surface area contributed by atoms with Gasteiger partial charge in [0.2, 0.25) is 0 Å². The van der Waals surface area contributed by atoms with E-state index in [1.54, 1.807) is 14.2 Å². The smallest absolute Gasteiger partial charge is 0.176 e. The van der Waals surface area contributed by atoms with Gasteiger partial charge in [0.25, 0.3) is 0 Å². The Morgan fingerprint density at radius 2 is 2.05 bits per heavy atom. The minimum Gasteiger partial charge on any atom is -0.493 e. The third-order valence-corrected chi connectivity index (χ3v) is 3.12. The summed E-state index contributed by atoms with van der Waals surface area (Å²) in [6.45, 7) is 4.84. The summed E-state index contributed by atoms with van der Waals surface area (Å²) in [6.07, 6.45) is 0. The van der Waals surface area contributed by atoms with Gasteiger partial charge in [0, 0.05) is 18.5 Å². The summed E-state index contributed by atoms with van der Waals surface area (Å²) < 4.78 is 16.3. The van der Waals surface area contributed by atoms with Crippen molar-refractivity contribution in [1.82, 2.24) is 5.32 Å². The molecule has 2 atom stereocenters. The first-order chi connectivity index (χ1) is 9.15. The lowest BCUT2D eigenvalue weighted by atomic mass is 10.2. The van der Waals surface area contributed by atoms with Crippen LogP contribution < -0.4 is 10.1 Å². The van der Waals surface area contributed by atoms with Gasteiger partial charge in [-0.05, 0) is 26.0 Å². The van der Waals surface area contributed by atoms with Crippen LogP contribution in [0.4, 0.5) is 0 Å². The lowest BCUT2D eigenvalue weighted by Gasteiger charge is -2.17. The molecule has 104 valence electrons. The monoisotopic (exact) mass is 263 g/mol. The highest BCUT2D eigenvalue weighted by atomic mass is 16.5. The van der Waals surface area contributed by atoms with E-state index in [9.17, 15) is 0 Å². The van der Waals surface area contributed by atoms with E-state index in [4.69, 9.17) is 13.9 Å². The molecule has 19 heavy (non-hydrogen) atoms. The second-order valence-electron chi connectivity index (χ2n) is 4.77. The molecule has 0 saturated heterocycles. The summed E-state index contributed by atoms with van der Waals surface area (Å²) in [5, 5.41) is 4.49. The molecule has 1 N–H and O–H groups in total. The van der Waals surface area contributed by atoms with Gasteiger partial charge in [-0.1, -0.05) is 12.1 Å². The average molecular weight is 263 g/mol. The molecule has 1 aromatic heterocycles. The Hall–Kier alpha value is -1.52. The zero-order valence-corrected chi connectivity index (χ0v) is 11.9. The first-order valence-electron chi connectivity index (χ1n) is 6.47. The van der Waals surface area contributed by atoms with Gasteiger partial charge in [-0.15, -0.1) is 0 Å². The molecule has 0 spiro atoms. The second kappa shape index (κ2) is 6.08. The van der Waals surface area contributed by atoms with Crippen molar-refractivity contribution in [3.8, 4) is 5.75 Å². The van der Waals surface area contributed by atoms with Gasteiger partial charge in [-0.2, -0.15) is 0 Å². The number of nitrogens with one attached hydrogen (secondary N) is 1. The highest BCUT2D eigenvalue weighted by Gasteiger charge is 2.15. The van der Waals surface area contributed by atoms with Gasteiger partial charge in [-0.25, -0.2) is 0 Å². The first-order valence-corrected chi connectivity index (χ1v) is 6.47. The Labute approximate surface area is 113 Å². The van der Waals surface area contributed by atoms with E-state index in [0.717, 1.165) is 22.5 Å². The zero-order chi connectivity index (χ0) is 13.8. The van der Waals surface area contributed by atoms with Crippen molar-refractivity contribution >= 4 is 11.0 Å². The van der Waals surface area contributed by atoms with Crippen LogP contribution in [0.5, 0.6) is 5.75 Å². The Kier molecular flexibility index (Phi) is 4.45. The standard InChI is InChI=1S/C15H21NO3/c1-10(9-17-3)16-11(2)14-8-12-6-5-7-13(18-4)15(12)19-14/h5-8,10-11,16H,9H2,1-4H3. The summed E-state index contributed by atoms with van der Waals surface area (Å²) in [6, 6.07) is 8.34. The van der Waals surface area contributed by atoms with Crippen LogP contribution >= 0.6 is 0 Å². The number of benzene rings is 1. The van der Waals surface area contributed by atoms with Crippen molar-refractivity contribution < 1.29 is 13.9 Å². The van der Waals surface area contributed by atoms with Crippen molar-refractivity contribution in [2.45, 2.75) is 25.9 Å². The van der Waals surface area contributed by atoms with E-state index in [0.29, 0.717) is 6.61 Å². The maximum atomic E-state index is 5.90. The van der Waals surface area contributed by atoms with Crippen LogP contribution in [0.3, 0.4) is 0 Å². The zero-order valence-electron chi connectivity index (χ0n) is 11.9. The summed E-state index contributed by atoms with van der Waals surface area (Å²) in [4.78, 5) is 0. The molecule has 0 aliphatic rings. The molecule has 0 saturated carbocycles. The van der Waals surface area contributed by atoms with Crippen LogP contribution in [-0.2, 0) is 4.74 Å². The first kappa shape index (κ1) is 13.9. The summed E-state index contributed by atoms with van der Waals surface area (Å²) >= 11 is 0. The minimum absolute atomic E-state index is 0.127. The predicted molar refractivity (Wildman–Crippen MR) is 75.7 cm³/mol. The number of rotatable bonds is 6. The number of hydrogen-bond donors (Lipinski definition) is 1. The molecule has 2 rings (SSSR count). The molecule has 0 amide bonds. The Bertz CT molecular complexity index is 535. The predicted octanol–water partition coefficient (Wildman–Crippen LogP) is 3.13. The molecule has 4 heteroatoms. The fourth-order valence-electron chi connectivity index (χ4n) is 2.24. The number of para-hydroxylation sites is 1. The van der Waals surface area contributed by atoms with E-state index in [2.05, 4.69) is 25.2 Å². The number of methoxy groups -OCH3 is 2. The molecule has 2 unspecified atom stereocenters. The van der Waals surface area contributed by atoms with E-state index in [1.165, 1.54) is 0 Å². The van der Waals surface area contributed by atoms with Crippen molar-refractivity contribution in [3.63, 3.8) is 0 Å². The van der Waals surface area contributed by atoms with E-state index < -0.39 is 0 Å². The number of hydrogen-bond acceptors (Lipinski definition) is 4. The van der Waals surface area contributed by atoms with Gasteiger partial charge >= 0.3 is 0 Å². The van der Waals surface area contributed by atoms with Crippen LogP contribution in [-0.4, -0.2) is 26.9 Å². The molecule has 0 fully saturated rings. The average Bonchev–Trinajstić information content (AvgIpc) is 2.82. The van der Waals surface area contributed by atoms with Crippen LogP contribution in [0.2, 0.25) is 0 Å². The lowest BCUT2D eigenvalue weighted by Crippen LogP contribution is -2.32. The van der Waals surface area contributed by atoms with Crippen molar-refractivity contribution in [2.24, 2.45) is 0 Å². The van der Waals surface area contributed by atoms with Crippen LogP contribution in [0.25, 0.3) is 11.0 Å². The van der Waals surface area contributed by atoms with Gasteiger partial charge in [0.1, 0.15) is 5.76 Å². The summed E-state index contributed by atoms with van der Waals surface area (Å²) in [7, 11) is 3.36. The summed E-state index contributed by atoms with van der Waals surface area (Å²) in [5.74, 6) is 1.67. The fourth-order valence-corrected chi connectivity index (χ4v) is 2.24. The molecule has 0 aliphatic heterocycles. The molecular weight excluding hydrogens is 242 g/mol. The number of ether oxygens (including phenoxy) is 2. The maximum absolute atomic E-state index is 5.90. The van der Waals surface area contributed by atoms with Crippen LogP contribution in [0.15, 0.2) is 28.7 Å². The van der Waals surface area contributed by atoms with Crippen molar-refractivity contribution in [1.29, 1.82) is 0 Å². The normalized spacial score (nSPS) is 14.5. The SMILES string of the molecule is COCC(C)NC(C)c1cc2cccc(OC)c2o1. The van der Waals surface area contributed by atoms with Gasteiger partial charge in [-0.3, -0.25) is 0 Å². The van der Waals surface area contributed by atoms with Crippen LogP contribution in [0.1, 0.15) is 25.6 Å². The minimum atomic E-state index is 0.127.